The summed E-state index contributed by atoms with van der Waals surface area (Å²) in [7, 11) is 1.26. The first-order valence-electron chi connectivity index (χ1n) is 3.94. The van der Waals surface area contributed by atoms with Gasteiger partial charge in [-0.3, -0.25) is 14.9 Å². The highest BCUT2D eigenvalue weighted by Crippen LogP contribution is 2.25. The van der Waals surface area contributed by atoms with Crippen LogP contribution in [-0.2, 0) is 9.53 Å². The SMILES string of the molecule is COC(=O)CSc1ncccc1[N+](=O)[O-]. The molecule has 0 aliphatic carbocycles. The van der Waals surface area contributed by atoms with E-state index in [0.717, 1.165) is 11.8 Å². The number of ether oxygens (including phenoxy) is 1. The molecule has 7 heteroatoms. The van der Waals surface area contributed by atoms with Gasteiger partial charge in [0.1, 0.15) is 0 Å². The van der Waals surface area contributed by atoms with Crippen molar-refractivity contribution in [2.24, 2.45) is 0 Å². The Bertz CT molecular complexity index is 383. The third kappa shape index (κ3) is 3.21. The van der Waals surface area contributed by atoms with E-state index in [9.17, 15) is 14.9 Å². The number of hydrogen-bond acceptors (Lipinski definition) is 6. The first-order chi connectivity index (χ1) is 7.15. The minimum absolute atomic E-state index is 0.00829. The van der Waals surface area contributed by atoms with Crippen LogP contribution in [-0.4, -0.2) is 28.7 Å². The maximum absolute atomic E-state index is 10.8. The average Bonchev–Trinajstić information content (AvgIpc) is 2.26. The van der Waals surface area contributed by atoms with Crippen LogP contribution in [0, 0.1) is 10.1 Å². The predicted molar refractivity (Wildman–Crippen MR) is 53.6 cm³/mol. The Hall–Kier alpha value is -1.63. The van der Waals surface area contributed by atoms with Crippen LogP contribution < -0.4 is 0 Å². The zero-order valence-electron chi connectivity index (χ0n) is 7.87. The van der Waals surface area contributed by atoms with E-state index in [1.807, 2.05) is 0 Å². The lowest BCUT2D eigenvalue weighted by atomic mass is 10.4. The Balaban J connectivity index is 2.76. The number of nitro groups is 1. The first kappa shape index (κ1) is 11.4. The second-order valence-corrected chi connectivity index (χ2v) is 3.41. The zero-order valence-corrected chi connectivity index (χ0v) is 8.69. The molecule has 1 aromatic heterocycles. The third-order valence-electron chi connectivity index (χ3n) is 1.50. The molecule has 0 radical (unpaired) electrons. The maximum atomic E-state index is 10.8. The molecular formula is C8H8N2O4S. The summed E-state index contributed by atoms with van der Waals surface area (Å²) in [6.07, 6.45) is 1.44. The summed E-state index contributed by atoms with van der Waals surface area (Å²) in [5, 5.41) is 10.8. The number of hydrogen-bond donors (Lipinski definition) is 0. The molecule has 0 bridgehead atoms. The van der Waals surface area contributed by atoms with Gasteiger partial charge in [0.25, 0.3) is 0 Å². The molecule has 0 aromatic carbocycles. The number of pyridine rings is 1. The smallest absolute Gasteiger partial charge is 0.316 e. The van der Waals surface area contributed by atoms with E-state index in [2.05, 4.69) is 9.72 Å². The van der Waals surface area contributed by atoms with Crippen LogP contribution in [0.1, 0.15) is 0 Å². The Morgan fingerprint density at radius 2 is 2.47 bits per heavy atom. The van der Waals surface area contributed by atoms with Crippen LogP contribution in [0.25, 0.3) is 0 Å². The fourth-order valence-corrected chi connectivity index (χ4v) is 1.62. The van der Waals surface area contributed by atoms with E-state index in [-0.39, 0.29) is 16.5 Å². The fraction of sp³-hybridized carbons (Fsp3) is 0.250. The number of rotatable bonds is 4. The standard InChI is InChI=1S/C8H8N2O4S/c1-14-7(11)5-15-8-6(10(12)13)3-2-4-9-8/h2-4H,5H2,1H3. The summed E-state index contributed by atoms with van der Waals surface area (Å²) in [5.41, 5.74) is -0.105. The normalized spacial score (nSPS) is 9.67. The topological polar surface area (TPSA) is 82.3 Å². The summed E-state index contributed by atoms with van der Waals surface area (Å²) in [6.45, 7) is 0. The van der Waals surface area contributed by atoms with Crippen LogP contribution in [0.15, 0.2) is 23.4 Å². The molecule has 0 saturated heterocycles. The van der Waals surface area contributed by atoms with E-state index < -0.39 is 10.9 Å². The van der Waals surface area contributed by atoms with Crippen molar-refractivity contribution in [1.29, 1.82) is 0 Å². The molecule has 0 unspecified atom stereocenters. The summed E-state index contributed by atoms with van der Waals surface area (Å²) < 4.78 is 4.41. The molecule has 0 amide bonds. The summed E-state index contributed by atoms with van der Waals surface area (Å²) in [6, 6.07) is 2.81. The minimum atomic E-state index is -0.535. The van der Waals surface area contributed by atoms with E-state index in [4.69, 9.17) is 0 Å². The summed E-state index contributed by atoms with van der Waals surface area (Å²) in [4.78, 5) is 24.7. The molecule has 0 aliphatic rings. The highest BCUT2D eigenvalue weighted by Gasteiger charge is 2.15. The zero-order chi connectivity index (χ0) is 11.3. The Kier molecular flexibility index (Phi) is 4.04. The van der Waals surface area contributed by atoms with Crippen LogP contribution in [0.3, 0.4) is 0 Å². The molecule has 80 valence electrons. The van der Waals surface area contributed by atoms with Gasteiger partial charge in [0.2, 0.25) is 0 Å². The first-order valence-corrected chi connectivity index (χ1v) is 4.92. The van der Waals surface area contributed by atoms with Gasteiger partial charge in [-0.25, -0.2) is 4.98 Å². The molecule has 1 heterocycles. The quantitative estimate of drug-likeness (QED) is 0.334. The molecule has 6 nitrogen and oxygen atoms in total. The van der Waals surface area contributed by atoms with Crippen LogP contribution in [0.5, 0.6) is 0 Å². The number of nitrogens with zero attached hydrogens (tertiary/aromatic N) is 2. The monoisotopic (exact) mass is 228 g/mol. The van der Waals surface area contributed by atoms with Gasteiger partial charge in [0, 0.05) is 12.3 Å². The number of thioether (sulfide) groups is 1. The number of esters is 1. The molecule has 0 atom stereocenters. The number of aromatic nitrogens is 1. The number of carbonyl (C=O) groups excluding carboxylic acids is 1. The van der Waals surface area contributed by atoms with Gasteiger partial charge < -0.3 is 4.74 Å². The van der Waals surface area contributed by atoms with Crippen LogP contribution in [0.4, 0.5) is 5.69 Å². The number of methoxy groups -OCH3 is 1. The van der Waals surface area contributed by atoms with Crippen LogP contribution >= 0.6 is 11.8 Å². The second kappa shape index (κ2) is 5.30. The molecule has 0 aliphatic heterocycles. The lowest BCUT2D eigenvalue weighted by Crippen LogP contribution is -2.04. The fourth-order valence-electron chi connectivity index (χ4n) is 0.819. The lowest BCUT2D eigenvalue weighted by molar-refractivity contribution is -0.388. The molecule has 15 heavy (non-hydrogen) atoms. The Morgan fingerprint density at radius 3 is 3.07 bits per heavy atom. The van der Waals surface area contributed by atoms with E-state index in [1.165, 1.54) is 25.4 Å². The van der Waals surface area contributed by atoms with Crippen molar-refractivity contribution in [3.8, 4) is 0 Å². The van der Waals surface area contributed by atoms with Crippen molar-refractivity contribution in [1.82, 2.24) is 4.98 Å². The van der Waals surface area contributed by atoms with Crippen molar-refractivity contribution in [2.75, 3.05) is 12.9 Å². The third-order valence-corrected chi connectivity index (χ3v) is 2.47. The summed E-state index contributed by atoms with van der Waals surface area (Å²) >= 11 is 0.981. The number of carbonyl (C=O) groups is 1. The molecule has 0 fully saturated rings. The van der Waals surface area contributed by atoms with Gasteiger partial charge in [-0.1, -0.05) is 11.8 Å². The maximum Gasteiger partial charge on any atom is 0.316 e. The molecule has 1 rings (SSSR count). The van der Waals surface area contributed by atoms with Crippen molar-refractivity contribution < 1.29 is 14.5 Å². The molecule has 0 N–H and O–H groups in total. The summed E-state index contributed by atoms with van der Waals surface area (Å²) in [5.74, 6) is -0.436. The predicted octanol–water partition coefficient (Wildman–Crippen LogP) is 1.25. The Labute approximate surface area is 89.8 Å². The van der Waals surface area contributed by atoms with E-state index >= 15 is 0 Å². The average molecular weight is 228 g/mol. The van der Waals surface area contributed by atoms with Gasteiger partial charge in [-0.15, -0.1) is 0 Å². The Morgan fingerprint density at radius 1 is 1.73 bits per heavy atom. The molecule has 0 spiro atoms. The largest absolute Gasteiger partial charge is 0.468 e. The van der Waals surface area contributed by atoms with Crippen molar-refractivity contribution in [3.63, 3.8) is 0 Å². The van der Waals surface area contributed by atoms with Gasteiger partial charge in [0.15, 0.2) is 5.03 Å². The van der Waals surface area contributed by atoms with E-state index in [1.54, 1.807) is 0 Å². The van der Waals surface area contributed by atoms with Crippen molar-refractivity contribution >= 4 is 23.4 Å². The molecule has 1 aromatic rings. The van der Waals surface area contributed by atoms with Gasteiger partial charge in [-0.2, -0.15) is 0 Å². The van der Waals surface area contributed by atoms with Crippen LogP contribution in [0.2, 0.25) is 0 Å². The molecule has 0 saturated carbocycles. The lowest BCUT2D eigenvalue weighted by Gasteiger charge is -2.00. The minimum Gasteiger partial charge on any atom is -0.468 e. The highest BCUT2D eigenvalue weighted by atomic mass is 32.2. The van der Waals surface area contributed by atoms with Crippen molar-refractivity contribution in [3.05, 3.63) is 28.4 Å². The highest BCUT2D eigenvalue weighted by molar-refractivity contribution is 8.00. The van der Waals surface area contributed by atoms with Gasteiger partial charge in [-0.05, 0) is 6.07 Å². The van der Waals surface area contributed by atoms with Gasteiger partial charge >= 0.3 is 11.7 Å². The molecular weight excluding hydrogens is 220 g/mol. The van der Waals surface area contributed by atoms with Gasteiger partial charge in [0.05, 0.1) is 17.8 Å². The van der Waals surface area contributed by atoms with Crippen molar-refractivity contribution in [2.45, 2.75) is 5.03 Å². The van der Waals surface area contributed by atoms with E-state index in [0.29, 0.717) is 0 Å². The second-order valence-electron chi connectivity index (χ2n) is 2.45.